The Morgan fingerprint density at radius 3 is 3.00 bits per heavy atom. The highest BCUT2D eigenvalue weighted by Crippen LogP contribution is 2.12. The Balaban J connectivity index is 1.85. The van der Waals surface area contributed by atoms with E-state index in [0.29, 0.717) is 6.54 Å². The van der Waals surface area contributed by atoms with Crippen molar-refractivity contribution < 1.29 is 9.90 Å². The maximum Gasteiger partial charge on any atom is 0.404 e. The van der Waals surface area contributed by atoms with E-state index in [1.165, 1.54) is 0 Å². The van der Waals surface area contributed by atoms with Gasteiger partial charge in [0.1, 0.15) is 0 Å². The fourth-order valence-corrected chi connectivity index (χ4v) is 1.79. The first-order valence-corrected chi connectivity index (χ1v) is 5.64. The van der Waals surface area contributed by atoms with E-state index in [0.717, 1.165) is 30.4 Å². The van der Waals surface area contributed by atoms with Gasteiger partial charge < -0.3 is 15.0 Å². The molecular weight excluding hydrogens is 218 g/mol. The number of carboxylic acid groups (broad SMARTS) is 1. The lowest BCUT2D eigenvalue weighted by atomic mass is 10.3. The molecule has 1 aromatic carbocycles. The summed E-state index contributed by atoms with van der Waals surface area (Å²) in [6.45, 7) is 1.36. The fraction of sp³-hybridized carbons (Fsp3) is 0.333. The molecule has 0 unspecified atom stereocenters. The zero-order valence-electron chi connectivity index (χ0n) is 9.47. The zero-order valence-corrected chi connectivity index (χ0v) is 9.47. The van der Waals surface area contributed by atoms with Crippen molar-refractivity contribution in [2.45, 2.75) is 19.4 Å². The van der Waals surface area contributed by atoms with Crippen molar-refractivity contribution in [3.63, 3.8) is 0 Å². The SMILES string of the molecule is O=C(O)NCCCCn1cnc2ccccc21. The molecule has 0 atom stereocenters. The third-order valence-corrected chi connectivity index (χ3v) is 2.63. The summed E-state index contributed by atoms with van der Waals surface area (Å²) in [6, 6.07) is 7.98. The molecule has 90 valence electrons. The first-order chi connectivity index (χ1) is 8.27. The van der Waals surface area contributed by atoms with Crippen molar-refractivity contribution in [3.8, 4) is 0 Å². The quantitative estimate of drug-likeness (QED) is 0.777. The van der Waals surface area contributed by atoms with Gasteiger partial charge in [-0.2, -0.15) is 0 Å². The van der Waals surface area contributed by atoms with Crippen LogP contribution < -0.4 is 5.32 Å². The monoisotopic (exact) mass is 233 g/mol. The Hall–Kier alpha value is -2.04. The molecule has 1 heterocycles. The highest BCUT2D eigenvalue weighted by atomic mass is 16.4. The van der Waals surface area contributed by atoms with E-state index in [2.05, 4.69) is 14.9 Å². The lowest BCUT2D eigenvalue weighted by molar-refractivity contribution is 0.194. The molecule has 17 heavy (non-hydrogen) atoms. The largest absolute Gasteiger partial charge is 0.465 e. The number of nitrogens with zero attached hydrogens (tertiary/aromatic N) is 2. The number of amides is 1. The number of imidazole rings is 1. The maximum absolute atomic E-state index is 10.2. The molecule has 2 aromatic rings. The van der Waals surface area contributed by atoms with Crippen LogP contribution in [0.2, 0.25) is 0 Å². The number of unbranched alkanes of at least 4 members (excludes halogenated alkanes) is 1. The van der Waals surface area contributed by atoms with Crippen molar-refractivity contribution in [1.82, 2.24) is 14.9 Å². The summed E-state index contributed by atoms with van der Waals surface area (Å²) in [5.74, 6) is 0. The van der Waals surface area contributed by atoms with E-state index in [1.54, 1.807) is 0 Å². The molecule has 0 spiro atoms. The summed E-state index contributed by atoms with van der Waals surface area (Å²) >= 11 is 0. The first kappa shape index (κ1) is 11.4. The van der Waals surface area contributed by atoms with Crippen LogP contribution in [0.3, 0.4) is 0 Å². The smallest absolute Gasteiger partial charge is 0.404 e. The molecule has 1 aromatic heterocycles. The zero-order chi connectivity index (χ0) is 12.1. The fourth-order valence-electron chi connectivity index (χ4n) is 1.79. The van der Waals surface area contributed by atoms with E-state index in [4.69, 9.17) is 5.11 Å². The number of carbonyl (C=O) groups is 1. The summed E-state index contributed by atoms with van der Waals surface area (Å²) in [7, 11) is 0. The van der Waals surface area contributed by atoms with Gasteiger partial charge in [-0.3, -0.25) is 0 Å². The van der Waals surface area contributed by atoms with Crippen LogP contribution in [0.4, 0.5) is 4.79 Å². The van der Waals surface area contributed by atoms with Crippen molar-refractivity contribution >= 4 is 17.1 Å². The number of aromatic nitrogens is 2. The van der Waals surface area contributed by atoms with Crippen LogP contribution in [0.25, 0.3) is 11.0 Å². The van der Waals surface area contributed by atoms with Gasteiger partial charge in [-0.25, -0.2) is 9.78 Å². The summed E-state index contributed by atoms with van der Waals surface area (Å²) in [6.07, 6.45) is 2.63. The molecule has 0 radical (unpaired) electrons. The highest BCUT2D eigenvalue weighted by molar-refractivity contribution is 5.74. The average Bonchev–Trinajstić information content (AvgIpc) is 2.72. The Kier molecular flexibility index (Phi) is 3.59. The lowest BCUT2D eigenvalue weighted by Crippen LogP contribution is -2.21. The van der Waals surface area contributed by atoms with Crippen molar-refractivity contribution in [3.05, 3.63) is 30.6 Å². The number of benzene rings is 1. The molecule has 0 saturated heterocycles. The second-order valence-electron chi connectivity index (χ2n) is 3.87. The highest BCUT2D eigenvalue weighted by Gasteiger charge is 2.00. The summed E-state index contributed by atoms with van der Waals surface area (Å²) < 4.78 is 2.09. The molecule has 1 amide bonds. The Labute approximate surface area is 99.1 Å². The minimum Gasteiger partial charge on any atom is -0.465 e. The first-order valence-electron chi connectivity index (χ1n) is 5.64. The van der Waals surface area contributed by atoms with Gasteiger partial charge >= 0.3 is 6.09 Å². The number of para-hydroxylation sites is 2. The summed E-state index contributed by atoms with van der Waals surface area (Å²) in [4.78, 5) is 14.5. The van der Waals surface area contributed by atoms with Gasteiger partial charge in [-0.15, -0.1) is 0 Å². The van der Waals surface area contributed by atoms with Gasteiger partial charge in [0.05, 0.1) is 17.4 Å². The molecule has 0 saturated carbocycles. The van der Waals surface area contributed by atoms with E-state index in [-0.39, 0.29) is 0 Å². The third-order valence-electron chi connectivity index (χ3n) is 2.63. The average molecular weight is 233 g/mol. The Bertz CT molecular complexity index is 507. The van der Waals surface area contributed by atoms with Gasteiger partial charge in [0.2, 0.25) is 0 Å². The van der Waals surface area contributed by atoms with Crippen LogP contribution in [-0.2, 0) is 6.54 Å². The Morgan fingerprint density at radius 2 is 2.18 bits per heavy atom. The van der Waals surface area contributed by atoms with E-state index in [1.807, 2.05) is 30.6 Å². The van der Waals surface area contributed by atoms with Gasteiger partial charge in [0, 0.05) is 13.1 Å². The van der Waals surface area contributed by atoms with Crippen molar-refractivity contribution in [2.75, 3.05) is 6.54 Å². The molecule has 0 aliphatic rings. The maximum atomic E-state index is 10.2. The molecule has 0 bridgehead atoms. The second-order valence-corrected chi connectivity index (χ2v) is 3.87. The number of fused-ring (bicyclic) bond motifs is 1. The van der Waals surface area contributed by atoms with Gasteiger partial charge in [0.15, 0.2) is 0 Å². The van der Waals surface area contributed by atoms with Crippen LogP contribution in [0.15, 0.2) is 30.6 Å². The van der Waals surface area contributed by atoms with Gasteiger partial charge in [0.25, 0.3) is 0 Å². The van der Waals surface area contributed by atoms with Crippen LogP contribution >= 0.6 is 0 Å². The third kappa shape index (κ3) is 2.96. The topological polar surface area (TPSA) is 67.2 Å². The number of aryl methyl sites for hydroxylation is 1. The number of nitrogens with one attached hydrogen (secondary N) is 1. The van der Waals surface area contributed by atoms with Gasteiger partial charge in [-0.1, -0.05) is 12.1 Å². The molecule has 5 heteroatoms. The van der Waals surface area contributed by atoms with Gasteiger partial charge in [-0.05, 0) is 25.0 Å². The van der Waals surface area contributed by atoms with Crippen LogP contribution in [-0.4, -0.2) is 27.3 Å². The molecular formula is C12H15N3O2. The summed E-state index contributed by atoms with van der Waals surface area (Å²) in [5.41, 5.74) is 2.12. The van der Waals surface area contributed by atoms with E-state index < -0.39 is 6.09 Å². The number of rotatable bonds is 5. The van der Waals surface area contributed by atoms with E-state index in [9.17, 15) is 4.79 Å². The number of hydrogen-bond acceptors (Lipinski definition) is 2. The van der Waals surface area contributed by atoms with Crippen LogP contribution in [0.1, 0.15) is 12.8 Å². The van der Waals surface area contributed by atoms with Crippen molar-refractivity contribution in [1.29, 1.82) is 0 Å². The molecule has 0 aliphatic carbocycles. The molecule has 2 rings (SSSR count). The molecule has 0 fully saturated rings. The molecule has 0 aliphatic heterocycles. The van der Waals surface area contributed by atoms with Crippen LogP contribution in [0.5, 0.6) is 0 Å². The minimum absolute atomic E-state index is 0.502. The predicted molar refractivity (Wildman–Crippen MR) is 65.0 cm³/mol. The normalized spacial score (nSPS) is 10.6. The molecule has 2 N–H and O–H groups in total. The second kappa shape index (κ2) is 5.34. The summed E-state index contributed by atoms with van der Waals surface area (Å²) in [5, 5.41) is 10.8. The number of hydrogen-bond donors (Lipinski definition) is 2. The molecule has 5 nitrogen and oxygen atoms in total. The Morgan fingerprint density at radius 1 is 1.35 bits per heavy atom. The van der Waals surface area contributed by atoms with E-state index >= 15 is 0 Å². The standard InChI is InChI=1S/C12H15N3O2/c16-12(17)13-7-3-4-8-15-9-14-10-5-1-2-6-11(10)15/h1-2,5-6,9,13H,3-4,7-8H2,(H,16,17). The van der Waals surface area contributed by atoms with Crippen molar-refractivity contribution in [2.24, 2.45) is 0 Å². The minimum atomic E-state index is -0.960. The lowest BCUT2D eigenvalue weighted by Gasteiger charge is -2.04. The van der Waals surface area contributed by atoms with Crippen LogP contribution in [0, 0.1) is 0 Å². The predicted octanol–water partition coefficient (Wildman–Crippen LogP) is 2.08.